The Labute approximate surface area is 133 Å². The maximum absolute atomic E-state index is 12.6. The van der Waals surface area contributed by atoms with Crippen molar-refractivity contribution in [3.63, 3.8) is 0 Å². The third-order valence-corrected chi connectivity index (χ3v) is 5.82. The molecule has 0 radical (unpaired) electrons. The second-order valence-corrected chi connectivity index (χ2v) is 7.86. The summed E-state index contributed by atoms with van der Waals surface area (Å²) in [5.74, 6) is 0.523. The lowest BCUT2D eigenvalue weighted by atomic mass is 9.94. The number of halogens is 1. The van der Waals surface area contributed by atoms with Crippen molar-refractivity contribution in [3.8, 4) is 0 Å². The Balaban J connectivity index is 0.00000220. The Morgan fingerprint density at radius 3 is 2.48 bits per heavy atom. The molecule has 1 aliphatic heterocycles. The predicted octanol–water partition coefficient (Wildman–Crippen LogP) is 0.277. The van der Waals surface area contributed by atoms with Crippen molar-refractivity contribution >= 4 is 28.3 Å². The molecule has 2 N–H and O–H groups in total. The fraction of sp³-hybridized carbons (Fsp3) is 0.923. The Hall–Kier alpha value is -0.370. The average molecular weight is 340 g/mol. The predicted molar refractivity (Wildman–Crippen MR) is 84.7 cm³/mol. The van der Waals surface area contributed by atoms with Gasteiger partial charge in [-0.3, -0.25) is 4.79 Å². The van der Waals surface area contributed by atoms with E-state index in [4.69, 9.17) is 5.73 Å². The fourth-order valence-electron chi connectivity index (χ4n) is 3.32. The molecule has 2 rings (SSSR count). The highest BCUT2D eigenvalue weighted by molar-refractivity contribution is 7.88. The number of carbonyl (C=O) groups excluding carboxylic acids is 1. The van der Waals surface area contributed by atoms with Crippen LogP contribution in [0.2, 0.25) is 0 Å². The normalized spacial score (nSPS) is 28.0. The van der Waals surface area contributed by atoms with E-state index >= 15 is 0 Å². The molecule has 1 saturated carbocycles. The van der Waals surface area contributed by atoms with Gasteiger partial charge >= 0.3 is 0 Å². The van der Waals surface area contributed by atoms with Crippen LogP contribution in [0.5, 0.6) is 0 Å². The molecule has 0 aromatic rings. The van der Waals surface area contributed by atoms with E-state index in [9.17, 15) is 13.2 Å². The van der Waals surface area contributed by atoms with Crippen LogP contribution in [0.25, 0.3) is 0 Å². The summed E-state index contributed by atoms with van der Waals surface area (Å²) in [6.07, 6.45) is 4.97. The SMILES string of the molecule is CS(=O)(=O)N1CCCN(C(=O)[C@@H]2CCC[C@@H]2CN)CC1.Cl. The van der Waals surface area contributed by atoms with Crippen molar-refractivity contribution in [1.82, 2.24) is 9.21 Å². The Bertz CT molecular complexity index is 458. The summed E-state index contributed by atoms with van der Waals surface area (Å²) < 4.78 is 24.6. The summed E-state index contributed by atoms with van der Waals surface area (Å²) in [5, 5.41) is 0. The first-order valence-corrected chi connectivity index (χ1v) is 9.22. The smallest absolute Gasteiger partial charge is 0.226 e. The van der Waals surface area contributed by atoms with E-state index in [1.165, 1.54) is 10.6 Å². The third kappa shape index (κ3) is 4.55. The van der Waals surface area contributed by atoms with E-state index < -0.39 is 10.0 Å². The average Bonchev–Trinajstić information content (AvgIpc) is 2.71. The molecule has 0 spiro atoms. The summed E-state index contributed by atoms with van der Waals surface area (Å²) in [6.45, 7) is 2.64. The number of amides is 1. The molecule has 1 heterocycles. The van der Waals surface area contributed by atoms with Gasteiger partial charge in [-0.2, -0.15) is 0 Å². The van der Waals surface area contributed by atoms with Crippen LogP contribution in [0.1, 0.15) is 25.7 Å². The minimum Gasteiger partial charge on any atom is -0.341 e. The molecule has 6 nitrogen and oxygen atoms in total. The number of hydrogen-bond acceptors (Lipinski definition) is 4. The van der Waals surface area contributed by atoms with Crippen LogP contribution in [-0.2, 0) is 14.8 Å². The number of sulfonamides is 1. The van der Waals surface area contributed by atoms with Crippen LogP contribution >= 0.6 is 12.4 Å². The Kier molecular flexibility index (Phi) is 6.90. The number of rotatable bonds is 3. The molecule has 0 aromatic heterocycles. The van der Waals surface area contributed by atoms with E-state index in [0.29, 0.717) is 45.1 Å². The van der Waals surface area contributed by atoms with E-state index in [0.717, 1.165) is 19.3 Å². The van der Waals surface area contributed by atoms with E-state index in [2.05, 4.69) is 0 Å². The topological polar surface area (TPSA) is 83.7 Å². The summed E-state index contributed by atoms with van der Waals surface area (Å²) >= 11 is 0. The first-order valence-electron chi connectivity index (χ1n) is 7.37. The van der Waals surface area contributed by atoms with Gasteiger partial charge < -0.3 is 10.6 Å². The van der Waals surface area contributed by atoms with Crippen LogP contribution in [0.4, 0.5) is 0 Å². The summed E-state index contributed by atoms with van der Waals surface area (Å²) in [4.78, 5) is 14.4. The number of nitrogens with zero attached hydrogens (tertiary/aromatic N) is 2. The fourth-order valence-corrected chi connectivity index (χ4v) is 4.20. The molecular formula is C13H26ClN3O3S. The van der Waals surface area contributed by atoms with Crippen molar-refractivity contribution < 1.29 is 13.2 Å². The molecule has 0 aromatic carbocycles. The molecule has 2 aliphatic rings. The van der Waals surface area contributed by atoms with E-state index in [1.807, 2.05) is 4.90 Å². The lowest BCUT2D eigenvalue weighted by Crippen LogP contribution is -2.41. The van der Waals surface area contributed by atoms with Crippen molar-refractivity contribution in [2.24, 2.45) is 17.6 Å². The van der Waals surface area contributed by atoms with Crippen molar-refractivity contribution in [3.05, 3.63) is 0 Å². The van der Waals surface area contributed by atoms with Crippen LogP contribution in [0.3, 0.4) is 0 Å². The molecular weight excluding hydrogens is 314 g/mol. The van der Waals surface area contributed by atoms with E-state index in [1.54, 1.807) is 0 Å². The molecule has 124 valence electrons. The quantitative estimate of drug-likeness (QED) is 0.800. The van der Waals surface area contributed by atoms with Gasteiger partial charge in [-0.1, -0.05) is 6.42 Å². The van der Waals surface area contributed by atoms with Crippen LogP contribution < -0.4 is 5.73 Å². The molecule has 2 fully saturated rings. The number of hydrogen-bond donors (Lipinski definition) is 1. The van der Waals surface area contributed by atoms with Crippen molar-refractivity contribution in [1.29, 1.82) is 0 Å². The molecule has 1 aliphatic carbocycles. The van der Waals surface area contributed by atoms with Gasteiger partial charge in [-0.15, -0.1) is 12.4 Å². The standard InChI is InChI=1S/C13H25N3O3S.ClH/c1-20(18,19)16-7-3-6-15(8-9-16)13(17)12-5-2-4-11(12)10-14;/h11-12H,2-10,14H2,1H3;1H/t11-,12-;/m1./s1. The highest BCUT2D eigenvalue weighted by Gasteiger charge is 2.35. The molecule has 0 bridgehead atoms. The molecule has 1 amide bonds. The second kappa shape index (κ2) is 7.76. The number of carbonyl (C=O) groups is 1. The lowest BCUT2D eigenvalue weighted by Gasteiger charge is -2.26. The minimum atomic E-state index is -3.16. The molecule has 21 heavy (non-hydrogen) atoms. The van der Waals surface area contributed by atoms with Gasteiger partial charge in [0.25, 0.3) is 0 Å². The maximum Gasteiger partial charge on any atom is 0.226 e. The van der Waals surface area contributed by atoms with E-state index in [-0.39, 0.29) is 24.2 Å². The molecule has 2 atom stereocenters. The van der Waals surface area contributed by atoms with Gasteiger partial charge in [0.05, 0.1) is 6.26 Å². The van der Waals surface area contributed by atoms with Crippen LogP contribution in [0, 0.1) is 11.8 Å². The van der Waals surface area contributed by atoms with Gasteiger partial charge in [0.15, 0.2) is 0 Å². The van der Waals surface area contributed by atoms with Crippen LogP contribution in [-0.4, -0.2) is 62.5 Å². The second-order valence-electron chi connectivity index (χ2n) is 5.87. The van der Waals surface area contributed by atoms with Crippen LogP contribution in [0.15, 0.2) is 0 Å². The van der Waals surface area contributed by atoms with Crippen molar-refractivity contribution in [2.75, 3.05) is 39.0 Å². The maximum atomic E-state index is 12.6. The van der Waals surface area contributed by atoms with Gasteiger partial charge in [-0.05, 0) is 31.7 Å². The highest BCUT2D eigenvalue weighted by atomic mass is 35.5. The monoisotopic (exact) mass is 339 g/mol. The lowest BCUT2D eigenvalue weighted by molar-refractivity contribution is -0.136. The summed E-state index contributed by atoms with van der Waals surface area (Å²) in [6, 6.07) is 0. The summed E-state index contributed by atoms with van der Waals surface area (Å²) in [7, 11) is -3.16. The largest absolute Gasteiger partial charge is 0.341 e. The van der Waals surface area contributed by atoms with Crippen molar-refractivity contribution in [2.45, 2.75) is 25.7 Å². The first-order chi connectivity index (χ1) is 9.43. The molecule has 1 saturated heterocycles. The minimum absolute atomic E-state index is 0. The Morgan fingerprint density at radius 1 is 1.14 bits per heavy atom. The van der Waals surface area contributed by atoms with Gasteiger partial charge in [0, 0.05) is 32.1 Å². The van der Waals surface area contributed by atoms with Gasteiger partial charge in [0.2, 0.25) is 15.9 Å². The summed E-state index contributed by atoms with van der Waals surface area (Å²) in [5.41, 5.74) is 5.74. The first kappa shape index (κ1) is 18.7. The third-order valence-electron chi connectivity index (χ3n) is 4.51. The highest BCUT2D eigenvalue weighted by Crippen LogP contribution is 2.32. The zero-order valence-corrected chi connectivity index (χ0v) is 14.2. The van der Waals surface area contributed by atoms with Gasteiger partial charge in [0.1, 0.15) is 0 Å². The Morgan fingerprint density at radius 2 is 1.86 bits per heavy atom. The zero-order chi connectivity index (χ0) is 14.8. The zero-order valence-electron chi connectivity index (χ0n) is 12.5. The molecule has 0 unspecified atom stereocenters. The number of nitrogens with two attached hydrogens (primary N) is 1. The molecule has 8 heteroatoms. The van der Waals surface area contributed by atoms with Gasteiger partial charge in [-0.25, -0.2) is 12.7 Å².